The molecule has 0 aliphatic carbocycles. The number of aliphatic hydroxyl groups excluding tert-OH is 1. The molecular formula is C17H20O2. The zero-order valence-corrected chi connectivity index (χ0v) is 11.4. The highest BCUT2D eigenvalue weighted by Crippen LogP contribution is 2.27. The van der Waals surface area contributed by atoms with Gasteiger partial charge in [-0.05, 0) is 36.6 Å². The Bertz CT molecular complexity index is 506. The van der Waals surface area contributed by atoms with Crippen molar-refractivity contribution in [2.45, 2.75) is 25.4 Å². The van der Waals surface area contributed by atoms with Gasteiger partial charge in [-0.2, -0.15) is 0 Å². The van der Waals surface area contributed by atoms with Crippen molar-refractivity contribution < 1.29 is 9.84 Å². The summed E-state index contributed by atoms with van der Waals surface area (Å²) in [5.41, 5.74) is 2.34. The Kier molecular flexibility index (Phi) is 4.58. The van der Waals surface area contributed by atoms with Crippen LogP contribution in [0.15, 0.2) is 54.6 Å². The van der Waals surface area contributed by atoms with E-state index in [2.05, 4.69) is 12.1 Å². The van der Waals surface area contributed by atoms with Crippen LogP contribution in [0.1, 0.15) is 24.0 Å². The number of methoxy groups -OCH3 is 1. The van der Waals surface area contributed by atoms with E-state index in [-0.39, 0.29) is 5.92 Å². The van der Waals surface area contributed by atoms with Crippen molar-refractivity contribution in [3.05, 3.63) is 65.7 Å². The minimum atomic E-state index is -0.396. The highest BCUT2D eigenvalue weighted by Gasteiger charge is 2.18. The van der Waals surface area contributed by atoms with Gasteiger partial charge in [0.05, 0.1) is 13.2 Å². The summed E-state index contributed by atoms with van der Waals surface area (Å²) in [6, 6.07) is 18.2. The molecule has 2 aromatic carbocycles. The molecule has 2 rings (SSSR count). The zero-order chi connectivity index (χ0) is 13.7. The number of benzene rings is 2. The van der Waals surface area contributed by atoms with Gasteiger partial charge in [-0.3, -0.25) is 0 Å². The molecule has 0 aromatic heterocycles. The minimum Gasteiger partial charge on any atom is -0.497 e. The third-order valence-electron chi connectivity index (χ3n) is 3.40. The van der Waals surface area contributed by atoms with Gasteiger partial charge < -0.3 is 9.84 Å². The van der Waals surface area contributed by atoms with Gasteiger partial charge in [0.1, 0.15) is 5.75 Å². The summed E-state index contributed by atoms with van der Waals surface area (Å²) in [7, 11) is 1.66. The number of aliphatic hydroxyl groups is 1. The molecule has 0 fully saturated rings. The van der Waals surface area contributed by atoms with Crippen molar-refractivity contribution in [2.75, 3.05) is 7.11 Å². The molecule has 0 aliphatic rings. The molecule has 0 spiro atoms. The van der Waals surface area contributed by atoms with Crippen molar-refractivity contribution in [1.82, 2.24) is 0 Å². The summed E-state index contributed by atoms with van der Waals surface area (Å²) in [5, 5.41) is 10.0. The molecule has 0 saturated heterocycles. The minimum absolute atomic E-state index is 0.0810. The van der Waals surface area contributed by atoms with Gasteiger partial charge >= 0.3 is 0 Å². The first-order valence-electron chi connectivity index (χ1n) is 6.56. The second-order valence-corrected chi connectivity index (χ2v) is 4.81. The Balaban J connectivity index is 2.24. The lowest BCUT2D eigenvalue weighted by molar-refractivity contribution is 0.161. The third kappa shape index (κ3) is 3.58. The molecule has 0 heterocycles. The van der Waals surface area contributed by atoms with E-state index >= 15 is 0 Å². The maximum absolute atomic E-state index is 10.0. The second kappa shape index (κ2) is 6.39. The van der Waals surface area contributed by atoms with Crippen LogP contribution in [0, 0.1) is 0 Å². The lowest BCUT2D eigenvalue weighted by Crippen LogP contribution is -2.17. The monoisotopic (exact) mass is 256 g/mol. The molecule has 2 nitrogen and oxygen atoms in total. The summed E-state index contributed by atoms with van der Waals surface area (Å²) < 4.78 is 5.25. The molecule has 100 valence electrons. The van der Waals surface area contributed by atoms with E-state index in [0.29, 0.717) is 0 Å². The van der Waals surface area contributed by atoms with Gasteiger partial charge in [-0.15, -0.1) is 0 Å². The fourth-order valence-electron chi connectivity index (χ4n) is 2.31. The van der Waals surface area contributed by atoms with Gasteiger partial charge in [0.2, 0.25) is 0 Å². The van der Waals surface area contributed by atoms with Gasteiger partial charge in [-0.1, -0.05) is 42.5 Å². The average molecular weight is 256 g/mol. The lowest BCUT2D eigenvalue weighted by Gasteiger charge is -2.21. The van der Waals surface area contributed by atoms with Crippen molar-refractivity contribution in [3.63, 3.8) is 0 Å². The molecule has 2 atom stereocenters. The molecule has 0 saturated carbocycles. The van der Waals surface area contributed by atoms with Crippen molar-refractivity contribution >= 4 is 0 Å². The average Bonchev–Trinajstić information content (AvgIpc) is 2.45. The first kappa shape index (κ1) is 13.6. The zero-order valence-electron chi connectivity index (χ0n) is 11.4. The van der Waals surface area contributed by atoms with Gasteiger partial charge in [-0.25, -0.2) is 0 Å². The van der Waals surface area contributed by atoms with Crippen LogP contribution in [0.5, 0.6) is 5.75 Å². The van der Waals surface area contributed by atoms with E-state index in [1.165, 1.54) is 5.56 Å². The summed E-state index contributed by atoms with van der Waals surface area (Å²) >= 11 is 0. The molecule has 2 aromatic rings. The molecular weight excluding hydrogens is 236 g/mol. The van der Waals surface area contributed by atoms with Crippen molar-refractivity contribution in [2.24, 2.45) is 0 Å². The Morgan fingerprint density at radius 1 is 1.05 bits per heavy atom. The third-order valence-corrected chi connectivity index (χ3v) is 3.40. The van der Waals surface area contributed by atoms with E-state index < -0.39 is 6.10 Å². The van der Waals surface area contributed by atoms with Gasteiger partial charge in [0.15, 0.2) is 0 Å². The van der Waals surface area contributed by atoms with Crippen LogP contribution in [0.25, 0.3) is 0 Å². The Morgan fingerprint density at radius 2 is 1.79 bits per heavy atom. The van der Waals surface area contributed by atoms with Crippen LogP contribution in [-0.2, 0) is 6.42 Å². The van der Waals surface area contributed by atoms with Crippen LogP contribution in [0.3, 0.4) is 0 Å². The molecule has 0 bridgehead atoms. The van der Waals surface area contributed by atoms with E-state index in [0.717, 1.165) is 17.7 Å². The summed E-state index contributed by atoms with van der Waals surface area (Å²) in [5.74, 6) is 0.911. The SMILES string of the molecule is COc1cccc(C(Cc2ccccc2)C(C)O)c1. The van der Waals surface area contributed by atoms with E-state index in [4.69, 9.17) is 4.74 Å². The first-order valence-corrected chi connectivity index (χ1v) is 6.56. The van der Waals surface area contributed by atoms with Crippen LogP contribution < -0.4 is 4.74 Å². The lowest BCUT2D eigenvalue weighted by atomic mass is 9.88. The summed E-state index contributed by atoms with van der Waals surface area (Å²) in [6.45, 7) is 1.84. The largest absolute Gasteiger partial charge is 0.497 e. The Morgan fingerprint density at radius 3 is 2.42 bits per heavy atom. The molecule has 0 amide bonds. The van der Waals surface area contributed by atoms with Crippen LogP contribution >= 0.6 is 0 Å². The molecule has 2 heteroatoms. The van der Waals surface area contributed by atoms with E-state index in [1.54, 1.807) is 7.11 Å². The molecule has 2 unspecified atom stereocenters. The number of hydrogen-bond donors (Lipinski definition) is 1. The predicted octanol–water partition coefficient (Wildman–Crippen LogP) is 3.40. The van der Waals surface area contributed by atoms with Gasteiger partial charge in [0, 0.05) is 5.92 Å². The quantitative estimate of drug-likeness (QED) is 0.888. The smallest absolute Gasteiger partial charge is 0.119 e. The molecule has 0 radical (unpaired) electrons. The fraction of sp³-hybridized carbons (Fsp3) is 0.294. The topological polar surface area (TPSA) is 29.5 Å². The molecule has 1 N–H and O–H groups in total. The standard InChI is InChI=1S/C17H20O2/c1-13(18)17(11-14-7-4-3-5-8-14)15-9-6-10-16(12-15)19-2/h3-10,12-13,17-18H,11H2,1-2H3. The van der Waals surface area contributed by atoms with Crippen LogP contribution in [0.4, 0.5) is 0 Å². The van der Waals surface area contributed by atoms with Crippen molar-refractivity contribution in [1.29, 1.82) is 0 Å². The second-order valence-electron chi connectivity index (χ2n) is 4.81. The predicted molar refractivity (Wildman–Crippen MR) is 77.6 cm³/mol. The molecule has 19 heavy (non-hydrogen) atoms. The van der Waals surface area contributed by atoms with Crippen LogP contribution in [0.2, 0.25) is 0 Å². The summed E-state index contributed by atoms with van der Waals surface area (Å²) in [4.78, 5) is 0. The molecule has 0 aliphatic heterocycles. The van der Waals surface area contributed by atoms with E-state index in [9.17, 15) is 5.11 Å². The number of hydrogen-bond acceptors (Lipinski definition) is 2. The van der Waals surface area contributed by atoms with Crippen molar-refractivity contribution in [3.8, 4) is 5.75 Å². The Labute approximate surface area is 114 Å². The fourth-order valence-corrected chi connectivity index (χ4v) is 2.31. The highest BCUT2D eigenvalue weighted by atomic mass is 16.5. The maximum Gasteiger partial charge on any atom is 0.119 e. The Hall–Kier alpha value is -1.80. The summed E-state index contributed by atoms with van der Waals surface area (Å²) in [6.07, 6.45) is 0.429. The van der Waals surface area contributed by atoms with Gasteiger partial charge in [0.25, 0.3) is 0 Å². The first-order chi connectivity index (χ1) is 9.20. The van der Waals surface area contributed by atoms with Crippen LogP contribution in [-0.4, -0.2) is 18.3 Å². The number of ether oxygens (including phenoxy) is 1. The highest BCUT2D eigenvalue weighted by molar-refractivity contribution is 5.32. The maximum atomic E-state index is 10.0. The van der Waals surface area contributed by atoms with E-state index in [1.807, 2.05) is 49.4 Å². The number of rotatable bonds is 5. The normalized spacial score (nSPS) is 13.8.